The fraction of sp³-hybridized carbons (Fsp3) is 0.200. The van der Waals surface area contributed by atoms with Crippen LogP contribution in [0.5, 0.6) is 11.5 Å². The summed E-state index contributed by atoms with van der Waals surface area (Å²) in [6.07, 6.45) is -0.704. The number of hydrogen-bond donors (Lipinski definition) is 3. The zero-order chi connectivity index (χ0) is 18.6. The Morgan fingerprint density at radius 3 is 2.59 bits per heavy atom. The van der Waals surface area contributed by atoms with Gasteiger partial charge in [0.05, 0.1) is 0 Å². The highest BCUT2D eigenvalue weighted by atomic mass is 16.6. The predicted molar refractivity (Wildman–Crippen MR) is 100.0 cm³/mol. The average Bonchev–Trinajstić information content (AvgIpc) is 3.15. The summed E-state index contributed by atoms with van der Waals surface area (Å²) in [4.78, 5) is 27.5. The van der Waals surface area contributed by atoms with E-state index in [1.54, 1.807) is 18.2 Å². The number of aromatic amines is 1. The number of fused-ring (bicyclic) bond motifs is 2. The first kappa shape index (κ1) is 17.0. The quantitative estimate of drug-likeness (QED) is 0.602. The van der Waals surface area contributed by atoms with Crippen LogP contribution in [-0.4, -0.2) is 42.6 Å². The minimum Gasteiger partial charge on any atom is -0.485 e. The Hall–Kier alpha value is -3.48. The molecule has 1 aromatic heterocycles. The molecule has 0 bridgehead atoms. The fourth-order valence-corrected chi connectivity index (χ4v) is 2.92. The van der Waals surface area contributed by atoms with E-state index in [0.717, 1.165) is 10.9 Å². The molecule has 1 aliphatic heterocycles. The van der Waals surface area contributed by atoms with Crippen molar-refractivity contribution in [1.29, 1.82) is 0 Å². The number of rotatable bonds is 5. The lowest BCUT2D eigenvalue weighted by Crippen LogP contribution is -2.46. The van der Waals surface area contributed by atoms with Crippen molar-refractivity contribution >= 4 is 22.7 Å². The van der Waals surface area contributed by atoms with E-state index < -0.39 is 6.10 Å². The summed E-state index contributed by atoms with van der Waals surface area (Å²) in [5.74, 6) is 0.694. The molecule has 1 atom stereocenters. The molecule has 1 aliphatic rings. The fourth-order valence-electron chi connectivity index (χ4n) is 2.92. The van der Waals surface area contributed by atoms with E-state index in [0.29, 0.717) is 30.3 Å². The summed E-state index contributed by atoms with van der Waals surface area (Å²) >= 11 is 0. The molecule has 0 spiro atoms. The maximum absolute atomic E-state index is 12.2. The van der Waals surface area contributed by atoms with Gasteiger partial charge in [0.15, 0.2) is 11.5 Å². The van der Waals surface area contributed by atoms with E-state index in [9.17, 15) is 9.59 Å². The second-order valence-electron chi connectivity index (χ2n) is 6.18. The standard InChI is InChI=1S/C20H19N3O4/c24-19(15-11-13-5-1-2-6-14(13)23-15)21-9-10-22-20(25)18-12-26-16-7-3-4-8-17(16)27-18/h1-8,11,18,23H,9-10,12H2,(H,21,24)(H,22,25)/t18-/m0/s1. The van der Waals surface area contributed by atoms with Gasteiger partial charge in [-0.15, -0.1) is 0 Å². The van der Waals surface area contributed by atoms with Crippen LogP contribution in [0.25, 0.3) is 10.9 Å². The Kier molecular flexibility index (Phi) is 4.65. The van der Waals surface area contributed by atoms with Gasteiger partial charge in [-0.25, -0.2) is 0 Å². The number of benzene rings is 2. The molecule has 0 radical (unpaired) electrons. The lowest BCUT2D eigenvalue weighted by Gasteiger charge is -2.25. The van der Waals surface area contributed by atoms with E-state index in [2.05, 4.69) is 15.6 Å². The van der Waals surface area contributed by atoms with Crippen LogP contribution in [0.15, 0.2) is 54.6 Å². The second-order valence-corrected chi connectivity index (χ2v) is 6.18. The molecule has 0 saturated carbocycles. The summed E-state index contributed by atoms with van der Waals surface area (Å²) in [5, 5.41) is 6.50. The summed E-state index contributed by atoms with van der Waals surface area (Å²) in [6.45, 7) is 0.765. The van der Waals surface area contributed by atoms with Gasteiger partial charge in [0.25, 0.3) is 11.8 Å². The van der Waals surface area contributed by atoms with Crippen molar-refractivity contribution in [3.8, 4) is 11.5 Å². The third-order valence-electron chi connectivity index (χ3n) is 4.29. The summed E-state index contributed by atoms with van der Waals surface area (Å²) in [5.41, 5.74) is 1.40. The van der Waals surface area contributed by atoms with Gasteiger partial charge in [-0.05, 0) is 24.3 Å². The number of hydrogen-bond acceptors (Lipinski definition) is 4. The van der Waals surface area contributed by atoms with Crippen molar-refractivity contribution in [2.24, 2.45) is 0 Å². The zero-order valence-corrected chi connectivity index (χ0v) is 14.5. The Balaban J connectivity index is 1.24. The van der Waals surface area contributed by atoms with Crippen molar-refractivity contribution in [3.05, 3.63) is 60.3 Å². The highest BCUT2D eigenvalue weighted by Crippen LogP contribution is 2.30. The Morgan fingerprint density at radius 2 is 1.74 bits per heavy atom. The van der Waals surface area contributed by atoms with Crippen LogP contribution in [0, 0.1) is 0 Å². The summed E-state index contributed by atoms with van der Waals surface area (Å²) < 4.78 is 11.2. The predicted octanol–water partition coefficient (Wildman–Crippen LogP) is 1.85. The summed E-state index contributed by atoms with van der Waals surface area (Å²) in [7, 11) is 0. The number of nitrogens with one attached hydrogen (secondary N) is 3. The largest absolute Gasteiger partial charge is 0.485 e. The molecule has 2 heterocycles. The lowest BCUT2D eigenvalue weighted by atomic mass is 10.2. The molecule has 138 valence electrons. The molecule has 7 nitrogen and oxygen atoms in total. The first-order chi connectivity index (χ1) is 13.2. The summed E-state index contributed by atoms with van der Waals surface area (Å²) in [6, 6.07) is 16.7. The smallest absolute Gasteiger partial charge is 0.267 e. The highest BCUT2D eigenvalue weighted by molar-refractivity contribution is 5.98. The first-order valence-corrected chi connectivity index (χ1v) is 8.73. The maximum atomic E-state index is 12.2. The van der Waals surface area contributed by atoms with Gasteiger partial charge >= 0.3 is 0 Å². The molecule has 4 rings (SSSR count). The van der Waals surface area contributed by atoms with Gasteiger partial charge in [-0.3, -0.25) is 9.59 Å². The normalized spacial score (nSPS) is 15.3. The number of H-pyrrole nitrogens is 1. The maximum Gasteiger partial charge on any atom is 0.267 e. The topological polar surface area (TPSA) is 92.5 Å². The van der Waals surface area contributed by atoms with Crippen molar-refractivity contribution in [2.75, 3.05) is 19.7 Å². The minimum atomic E-state index is -0.704. The third-order valence-corrected chi connectivity index (χ3v) is 4.29. The molecule has 0 fully saturated rings. The average molecular weight is 365 g/mol. The van der Waals surface area contributed by atoms with Gasteiger partial charge in [0, 0.05) is 24.0 Å². The van der Waals surface area contributed by atoms with Crippen LogP contribution in [0.3, 0.4) is 0 Å². The van der Waals surface area contributed by atoms with Crippen LogP contribution in [0.2, 0.25) is 0 Å². The highest BCUT2D eigenvalue weighted by Gasteiger charge is 2.26. The van der Waals surface area contributed by atoms with E-state index in [1.165, 1.54) is 0 Å². The van der Waals surface area contributed by atoms with Crippen LogP contribution >= 0.6 is 0 Å². The van der Waals surface area contributed by atoms with E-state index in [4.69, 9.17) is 9.47 Å². The van der Waals surface area contributed by atoms with Gasteiger partial charge in [0.2, 0.25) is 6.10 Å². The number of aromatic nitrogens is 1. The first-order valence-electron chi connectivity index (χ1n) is 8.73. The van der Waals surface area contributed by atoms with Gasteiger partial charge in [0.1, 0.15) is 12.3 Å². The van der Waals surface area contributed by atoms with Crippen molar-refractivity contribution in [2.45, 2.75) is 6.10 Å². The van der Waals surface area contributed by atoms with Crippen LogP contribution in [-0.2, 0) is 4.79 Å². The van der Waals surface area contributed by atoms with Gasteiger partial charge in [-0.1, -0.05) is 30.3 Å². The number of para-hydroxylation sites is 3. The van der Waals surface area contributed by atoms with E-state index in [-0.39, 0.29) is 18.4 Å². The van der Waals surface area contributed by atoms with Gasteiger partial charge < -0.3 is 25.1 Å². The molecular formula is C20H19N3O4. The minimum absolute atomic E-state index is 0.157. The number of carbonyl (C=O) groups is 2. The number of carbonyl (C=O) groups excluding carboxylic acids is 2. The molecule has 0 saturated heterocycles. The number of amides is 2. The van der Waals surface area contributed by atoms with E-state index in [1.807, 2.05) is 36.4 Å². The molecule has 2 aromatic carbocycles. The van der Waals surface area contributed by atoms with Crippen LogP contribution in [0.1, 0.15) is 10.5 Å². The van der Waals surface area contributed by atoms with Gasteiger partial charge in [-0.2, -0.15) is 0 Å². The van der Waals surface area contributed by atoms with Crippen molar-refractivity contribution in [1.82, 2.24) is 15.6 Å². The Morgan fingerprint density at radius 1 is 1.00 bits per heavy atom. The lowest BCUT2D eigenvalue weighted by molar-refractivity contribution is -0.130. The van der Waals surface area contributed by atoms with Crippen LogP contribution in [0.4, 0.5) is 0 Å². The van der Waals surface area contributed by atoms with E-state index >= 15 is 0 Å². The molecule has 7 heteroatoms. The monoisotopic (exact) mass is 365 g/mol. The SMILES string of the molecule is O=C(NCCNC(=O)[C@@H]1COc2ccccc2O1)c1cc2ccccc2[nH]1. The zero-order valence-electron chi connectivity index (χ0n) is 14.5. The molecular weight excluding hydrogens is 346 g/mol. The Bertz CT molecular complexity index is 949. The third kappa shape index (κ3) is 3.72. The van der Waals surface area contributed by atoms with Crippen LogP contribution < -0.4 is 20.1 Å². The Labute approximate surface area is 155 Å². The second kappa shape index (κ2) is 7.41. The molecule has 2 amide bonds. The molecule has 3 aromatic rings. The van der Waals surface area contributed by atoms with Crippen molar-refractivity contribution in [3.63, 3.8) is 0 Å². The molecule has 27 heavy (non-hydrogen) atoms. The molecule has 0 unspecified atom stereocenters. The molecule has 0 aliphatic carbocycles. The van der Waals surface area contributed by atoms with Crippen molar-refractivity contribution < 1.29 is 19.1 Å². The molecule has 3 N–H and O–H groups in total. The number of ether oxygens (including phenoxy) is 2.